The zero-order valence-corrected chi connectivity index (χ0v) is 50.5. The fourth-order valence-electron chi connectivity index (χ4n) is 12.7. The van der Waals surface area contributed by atoms with Gasteiger partial charge < -0.3 is 9.13 Å². The number of aromatic nitrogens is 3. The van der Waals surface area contributed by atoms with Crippen LogP contribution in [-0.2, 0) is 49.4 Å². The van der Waals surface area contributed by atoms with E-state index in [1.165, 1.54) is 27.3 Å². The predicted molar refractivity (Wildman–Crippen MR) is 330 cm³/mol. The molecule has 518 valence electrons. The quantitative estimate of drug-likeness (QED) is 0.142. The lowest BCUT2D eigenvalue weighted by molar-refractivity contribution is -0.144. The van der Waals surface area contributed by atoms with Crippen LogP contribution >= 0.6 is 0 Å². The summed E-state index contributed by atoms with van der Waals surface area (Å²) < 4.78 is 352. The SMILES string of the molecule is N#Cc1cc(-n2c3ccc(-c4ccc(C(F)(F)F)cc4C(F)(F)F)cc3c3cc(-c4ccc(C(F)(F)F)cc4C(F)(F)F)ccc32)c(-n2c3ccc(-c4ccc(C(F)(F)F)cc4C(F)(F)F)cc3c3cc(-c4ccc(C(F)(F)F)cc4C(F)(F)F)ccc32)cc1-c1cccc(-c2ccccc2)n1. The Labute approximate surface area is 556 Å². The highest BCUT2D eigenvalue weighted by Gasteiger charge is 2.43. The molecule has 0 atom stereocenters. The number of benzene rings is 10. The number of rotatable bonds is 8. The third kappa shape index (κ3) is 12.6. The van der Waals surface area contributed by atoms with E-state index in [0.717, 1.165) is 72.8 Å². The molecule has 0 N–H and O–H groups in total. The van der Waals surface area contributed by atoms with Crippen molar-refractivity contribution in [2.45, 2.75) is 49.4 Å². The minimum atomic E-state index is -5.51. The molecule has 3 aromatic heterocycles. The van der Waals surface area contributed by atoms with Crippen LogP contribution in [0.5, 0.6) is 0 Å². The summed E-state index contributed by atoms with van der Waals surface area (Å²) in [6.07, 6.45) is -43.3. The maximum atomic E-state index is 15.1. The lowest BCUT2D eigenvalue weighted by atomic mass is 9.94. The van der Waals surface area contributed by atoms with E-state index in [4.69, 9.17) is 4.98 Å². The predicted octanol–water partition coefficient (Wildman–Crippen LogP) is 25.3. The molecule has 0 saturated carbocycles. The van der Waals surface area contributed by atoms with Gasteiger partial charge in [-0.15, -0.1) is 0 Å². The number of nitrogens with zero attached hydrogens (tertiary/aromatic N) is 4. The first-order valence-electron chi connectivity index (χ1n) is 29.5. The van der Waals surface area contributed by atoms with E-state index in [0.29, 0.717) is 59.8 Å². The van der Waals surface area contributed by atoms with Crippen molar-refractivity contribution < 1.29 is 105 Å². The number of alkyl halides is 24. The molecule has 0 spiro atoms. The fraction of sp³-hybridized carbons (Fsp3) is 0.108. The third-order valence-corrected chi connectivity index (χ3v) is 17.2. The summed E-state index contributed by atoms with van der Waals surface area (Å²) in [5, 5.41) is 10.3. The van der Waals surface area contributed by atoms with Crippen LogP contribution in [0.1, 0.15) is 50.1 Å². The van der Waals surface area contributed by atoms with E-state index in [-0.39, 0.29) is 96.1 Å². The average molecular weight is 1440 g/mol. The van der Waals surface area contributed by atoms with E-state index >= 15 is 52.7 Å². The molecule has 13 aromatic rings. The maximum absolute atomic E-state index is 15.1. The second-order valence-electron chi connectivity index (χ2n) is 23.4. The van der Waals surface area contributed by atoms with Gasteiger partial charge in [0.25, 0.3) is 0 Å². The summed E-state index contributed by atoms with van der Waals surface area (Å²) in [4.78, 5) is 4.84. The molecule has 0 aliphatic rings. The van der Waals surface area contributed by atoms with Crippen LogP contribution in [0.15, 0.2) is 206 Å². The Kier molecular flexibility index (Phi) is 16.3. The molecule has 0 unspecified atom stereocenters. The smallest absolute Gasteiger partial charge is 0.307 e. The molecule has 0 saturated heterocycles. The highest BCUT2D eigenvalue weighted by atomic mass is 19.4. The van der Waals surface area contributed by atoms with Crippen LogP contribution in [0.4, 0.5) is 105 Å². The Balaban J connectivity index is 1.18. The standard InChI is InChI=1S/C74H34F24N4/c75-67(76,77)42-13-17-46(55(30-42)71(87,88)89)37-9-21-61-51(25-37)52-26-38(47-18-14-43(68(78,79)80)31-56(47)72(90,91)92)10-22-62(52)101(61)65-29-41(35-99)50(60-8-4-7-59(100-60)36-5-2-1-3-6-36)34-66(65)102-63-23-11-39(48-19-15-44(69(81,82)83)32-57(48)73(93,94)95)27-53(63)54-28-40(12-24-64(54)102)49-20-16-45(70(84,85)86)33-58(49)74(96,97)98/h1-34H. The molecule has 0 bridgehead atoms. The Morgan fingerprint density at radius 2 is 0.549 bits per heavy atom. The number of hydrogen-bond acceptors (Lipinski definition) is 2. The topological polar surface area (TPSA) is 46.5 Å². The van der Waals surface area contributed by atoms with Gasteiger partial charge in [-0.3, -0.25) is 0 Å². The molecule has 102 heavy (non-hydrogen) atoms. The van der Waals surface area contributed by atoms with Crippen molar-refractivity contribution in [1.29, 1.82) is 5.26 Å². The second kappa shape index (κ2) is 24.0. The molecule has 10 aromatic carbocycles. The summed E-state index contributed by atoms with van der Waals surface area (Å²) in [5.41, 5.74) is -20.1. The van der Waals surface area contributed by atoms with Crippen molar-refractivity contribution in [3.05, 3.63) is 256 Å². The minimum absolute atomic E-state index is 0.0283. The van der Waals surface area contributed by atoms with Gasteiger partial charge in [0.2, 0.25) is 0 Å². The van der Waals surface area contributed by atoms with Crippen LogP contribution in [0.2, 0.25) is 0 Å². The molecule has 28 heteroatoms. The van der Waals surface area contributed by atoms with Crippen LogP contribution < -0.4 is 0 Å². The van der Waals surface area contributed by atoms with Crippen molar-refractivity contribution in [1.82, 2.24) is 14.1 Å². The molecule has 4 nitrogen and oxygen atoms in total. The van der Waals surface area contributed by atoms with Crippen molar-refractivity contribution in [2.24, 2.45) is 0 Å². The molecule has 0 aliphatic carbocycles. The van der Waals surface area contributed by atoms with Gasteiger partial charge in [-0.2, -0.15) is 111 Å². The average Bonchev–Trinajstić information content (AvgIpc) is 1.55. The van der Waals surface area contributed by atoms with Gasteiger partial charge in [-0.05, 0) is 166 Å². The van der Waals surface area contributed by atoms with Crippen LogP contribution in [0.3, 0.4) is 0 Å². The Morgan fingerprint density at radius 1 is 0.255 bits per heavy atom. The molecule has 13 rings (SSSR count). The molecular formula is C74H34F24N4. The summed E-state index contributed by atoms with van der Waals surface area (Å²) in [6.45, 7) is 0. The molecular weight excluding hydrogens is 1400 g/mol. The van der Waals surface area contributed by atoms with Gasteiger partial charge in [0.05, 0.1) is 101 Å². The number of hydrogen-bond donors (Lipinski definition) is 0. The first-order chi connectivity index (χ1) is 47.6. The molecule has 3 heterocycles. The van der Waals surface area contributed by atoms with E-state index in [1.807, 2.05) is 0 Å². The Morgan fingerprint density at radius 3 is 0.833 bits per heavy atom. The molecule has 0 aliphatic heterocycles. The Bertz CT molecular complexity index is 5330. The first-order valence-corrected chi connectivity index (χ1v) is 29.5. The van der Waals surface area contributed by atoms with E-state index in [9.17, 15) is 57.9 Å². The van der Waals surface area contributed by atoms with Gasteiger partial charge in [-0.1, -0.05) is 84.9 Å². The van der Waals surface area contributed by atoms with E-state index < -0.39 is 138 Å². The summed E-state index contributed by atoms with van der Waals surface area (Å²) >= 11 is 0. The lowest BCUT2D eigenvalue weighted by Crippen LogP contribution is -2.12. The third-order valence-electron chi connectivity index (χ3n) is 17.2. The van der Waals surface area contributed by atoms with Crippen molar-refractivity contribution >= 4 is 43.6 Å². The molecule has 0 amide bonds. The summed E-state index contributed by atoms with van der Waals surface area (Å²) in [5.74, 6) is 0. The summed E-state index contributed by atoms with van der Waals surface area (Å²) in [7, 11) is 0. The zero-order valence-electron chi connectivity index (χ0n) is 50.5. The van der Waals surface area contributed by atoms with E-state index in [2.05, 4.69) is 6.07 Å². The minimum Gasteiger partial charge on any atom is -0.307 e. The summed E-state index contributed by atoms with van der Waals surface area (Å²) in [6, 6.07) is 33.1. The molecule has 0 fully saturated rings. The monoisotopic (exact) mass is 1430 g/mol. The van der Waals surface area contributed by atoms with Crippen LogP contribution in [0.25, 0.3) is 122 Å². The normalized spacial score (nSPS) is 13.1. The molecule has 0 radical (unpaired) electrons. The van der Waals surface area contributed by atoms with Gasteiger partial charge >= 0.3 is 49.4 Å². The zero-order chi connectivity index (χ0) is 73.5. The first kappa shape index (κ1) is 69.2. The fourth-order valence-corrected chi connectivity index (χ4v) is 12.7. The lowest BCUT2D eigenvalue weighted by Gasteiger charge is -2.20. The number of nitriles is 1. The van der Waals surface area contributed by atoms with Crippen LogP contribution in [0, 0.1) is 11.3 Å². The Hall–Kier alpha value is -11.2. The van der Waals surface area contributed by atoms with Gasteiger partial charge in [0, 0.05) is 32.7 Å². The van der Waals surface area contributed by atoms with E-state index in [1.54, 1.807) is 42.5 Å². The van der Waals surface area contributed by atoms with Gasteiger partial charge in [0.1, 0.15) is 0 Å². The van der Waals surface area contributed by atoms with Gasteiger partial charge in [0.15, 0.2) is 0 Å². The van der Waals surface area contributed by atoms with Crippen molar-refractivity contribution in [3.63, 3.8) is 0 Å². The highest BCUT2D eigenvalue weighted by Crippen LogP contribution is 2.51. The second-order valence-corrected chi connectivity index (χ2v) is 23.4. The van der Waals surface area contributed by atoms with Crippen molar-refractivity contribution in [2.75, 3.05) is 0 Å². The number of fused-ring (bicyclic) bond motifs is 6. The largest absolute Gasteiger partial charge is 0.417 e. The van der Waals surface area contributed by atoms with Crippen molar-refractivity contribution in [3.8, 4) is 84.5 Å². The maximum Gasteiger partial charge on any atom is 0.417 e. The van der Waals surface area contributed by atoms with Gasteiger partial charge in [-0.25, -0.2) is 4.98 Å². The number of pyridine rings is 1. The van der Waals surface area contributed by atoms with Crippen LogP contribution in [-0.4, -0.2) is 14.1 Å². The highest BCUT2D eigenvalue weighted by molar-refractivity contribution is 6.14. The number of halogens is 24.